The van der Waals surface area contributed by atoms with Crippen molar-refractivity contribution in [2.24, 2.45) is 17.6 Å². The molecule has 1 heterocycles. The lowest BCUT2D eigenvalue weighted by Gasteiger charge is -2.29. The van der Waals surface area contributed by atoms with Gasteiger partial charge in [-0.2, -0.15) is 0 Å². The van der Waals surface area contributed by atoms with Crippen molar-refractivity contribution in [3.63, 3.8) is 0 Å². The maximum absolute atomic E-state index is 14.1. The molecule has 1 aliphatic heterocycles. The largest absolute Gasteiger partial charge is 0.480 e. The number of carbonyl (C=O) groups is 6. The Balaban J connectivity index is 1.76. The van der Waals surface area contributed by atoms with Crippen molar-refractivity contribution in [2.45, 2.75) is 96.4 Å². The highest BCUT2D eigenvalue weighted by molar-refractivity contribution is 5.96. The van der Waals surface area contributed by atoms with Crippen LogP contribution in [0.4, 0.5) is 0 Å². The van der Waals surface area contributed by atoms with Crippen LogP contribution in [0.15, 0.2) is 60.7 Å². The van der Waals surface area contributed by atoms with Gasteiger partial charge in [0.15, 0.2) is 0 Å². The Morgan fingerprint density at radius 1 is 0.613 bits per heavy atom. The number of amides is 5. The number of hydrogen-bond donors (Lipinski definition) is 10. The Labute approximate surface area is 367 Å². The number of nitrogens with zero attached hydrogens (tertiary/aromatic N) is 1. The predicted molar refractivity (Wildman–Crippen MR) is 240 cm³/mol. The number of nitrogens with one attached hydrogen (secondary N) is 8. The van der Waals surface area contributed by atoms with Gasteiger partial charge in [0.25, 0.3) is 0 Å². The van der Waals surface area contributed by atoms with Gasteiger partial charge in [-0.15, -0.1) is 0 Å². The molecule has 0 bridgehead atoms. The van der Waals surface area contributed by atoms with Crippen molar-refractivity contribution >= 4 is 35.5 Å². The molecule has 0 saturated carbocycles. The Hall–Kier alpha value is -4.94. The summed E-state index contributed by atoms with van der Waals surface area (Å²) in [5, 5.41) is 34.1. The molecule has 17 heteroatoms. The molecule has 11 N–H and O–H groups in total. The summed E-state index contributed by atoms with van der Waals surface area (Å²) in [6.07, 6.45) is 1.87. The first-order chi connectivity index (χ1) is 29.8. The number of aliphatic carboxylic acids is 1. The SMILES string of the molecule is CC(C)CC(NC(=O)C(CCCCN)NC(=O)CN1CCNCCNCCNCC1)C(=O)NC(C(=O)NC(Cc1ccccc1)C(=O)NC(Cc1ccccc1)C(=O)O)C(C)C. The van der Waals surface area contributed by atoms with E-state index in [0.29, 0.717) is 57.5 Å². The van der Waals surface area contributed by atoms with Gasteiger partial charge in [-0.05, 0) is 55.2 Å². The van der Waals surface area contributed by atoms with Gasteiger partial charge in [0.1, 0.15) is 30.2 Å². The lowest BCUT2D eigenvalue weighted by atomic mass is 9.98. The fourth-order valence-corrected chi connectivity index (χ4v) is 7.08. The highest BCUT2D eigenvalue weighted by Crippen LogP contribution is 2.12. The molecule has 0 aliphatic carbocycles. The zero-order valence-corrected chi connectivity index (χ0v) is 37.0. The second kappa shape index (κ2) is 28.6. The number of nitrogens with two attached hydrogens (primary N) is 1. The maximum atomic E-state index is 14.1. The van der Waals surface area contributed by atoms with Crippen LogP contribution in [0.25, 0.3) is 0 Å². The summed E-state index contributed by atoms with van der Waals surface area (Å²) in [7, 11) is 0. The van der Waals surface area contributed by atoms with E-state index in [1.165, 1.54) is 0 Å². The monoisotopic (exact) mass is 865 g/mol. The van der Waals surface area contributed by atoms with Crippen molar-refractivity contribution in [3.8, 4) is 0 Å². The topological polar surface area (TPSA) is 248 Å². The van der Waals surface area contributed by atoms with E-state index >= 15 is 0 Å². The molecule has 0 aromatic heterocycles. The molecule has 1 saturated heterocycles. The molecule has 62 heavy (non-hydrogen) atoms. The smallest absolute Gasteiger partial charge is 0.326 e. The quantitative estimate of drug-likeness (QED) is 0.0659. The molecule has 3 rings (SSSR count). The van der Waals surface area contributed by atoms with Gasteiger partial charge in [0.2, 0.25) is 29.5 Å². The van der Waals surface area contributed by atoms with Crippen LogP contribution in [-0.2, 0) is 41.6 Å². The fraction of sp³-hybridized carbons (Fsp3) is 0.600. The highest BCUT2D eigenvalue weighted by Gasteiger charge is 2.34. The number of benzene rings is 2. The molecular formula is C45H72N10O7. The van der Waals surface area contributed by atoms with Crippen molar-refractivity contribution in [1.82, 2.24) is 47.4 Å². The van der Waals surface area contributed by atoms with E-state index in [1.54, 1.807) is 62.4 Å². The lowest BCUT2D eigenvalue weighted by Crippen LogP contribution is -2.60. The zero-order chi connectivity index (χ0) is 45.3. The van der Waals surface area contributed by atoms with Gasteiger partial charge >= 0.3 is 5.97 Å². The minimum Gasteiger partial charge on any atom is -0.480 e. The van der Waals surface area contributed by atoms with E-state index in [2.05, 4.69) is 42.5 Å². The molecule has 0 spiro atoms. The van der Waals surface area contributed by atoms with Crippen LogP contribution in [0.2, 0.25) is 0 Å². The number of carboxylic acids is 1. The Kier molecular flexibility index (Phi) is 23.7. The average Bonchev–Trinajstić information content (AvgIpc) is 3.23. The lowest BCUT2D eigenvalue weighted by molar-refractivity contribution is -0.142. The van der Waals surface area contributed by atoms with Gasteiger partial charge in [0, 0.05) is 65.2 Å². The molecular weight excluding hydrogens is 793 g/mol. The number of hydrogen-bond acceptors (Lipinski definition) is 11. The molecule has 344 valence electrons. The van der Waals surface area contributed by atoms with Gasteiger partial charge in [-0.3, -0.25) is 28.9 Å². The Morgan fingerprint density at radius 2 is 1.10 bits per heavy atom. The van der Waals surface area contributed by atoms with Gasteiger partial charge in [0.05, 0.1) is 6.54 Å². The van der Waals surface area contributed by atoms with Gasteiger partial charge < -0.3 is 53.4 Å². The van der Waals surface area contributed by atoms with Crippen LogP contribution in [0.1, 0.15) is 64.5 Å². The summed E-state index contributed by atoms with van der Waals surface area (Å²) >= 11 is 0. The summed E-state index contributed by atoms with van der Waals surface area (Å²) < 4.78 is 0. The molecule has 2 aromatic rings. The van der Waals surface area contributed by atoms with Crippen molar-refractivity contribution in [3.05, 3.63) is 71.8 Å². The minimum atomic E-state index is -1.26. The summed E-state index contributed by atoms with van der Waals surface area (Å²) in [5.74, 6) is -4.48. The number of rotatable bonds is 23. The second-order valence-corrected chi connectivity index (χ2v) is 16.7. The van der Waals surface area contributed by atoms with Crippen LogP contribution in [0.5, 0.6) is 0 Å². The molecule has 1 aliphatic rings. The van der Waals surface area contributed by atoms with Crippen LogP contribution >= 0.6 is 0 Å². The minimum absolute atomic E-state index is 0.0330. The molecule has 0 radical (unpaired) electrons. The van der Waals surface area contributed by atoms with Crippen LogP contribution in [0.3, 0.4) is 0 Å². The molecule has 17 nitrogen and oxygen atoms in total. The van der Waals surface area contributed by atoms with E-state index in [4.69, 9.17) is 5.73 Å². The molecule has 1 fully saturated rings. The van der Waals surface area contributed by atoms with E-state index in [1.807, 2.05) is 30.9 Å². The molecule has 5 amide bonds. The average molecular weight is 865 g/mol. The first kappa shape index (κ1) is 51.4. The first-order valence-corrected chi connectivity index (χ1v) is 22.1. The Morgan fingerprint density at radius 3 is 1.61 bits per heavy atom. The molecule has 5 unspecified atom stereocenters. The summed E-state index contributed by atoms with van der Waals surface area (Å²) in [6.45, 7) is 13.9. The zero-order valence-electron chi connectivity index (χ0n) is 37.0. The normalized spacial score (nSPS) is 16.6. The maximum Gasteiger partial charge on any atom is 0.326 e. The summed E-state index contributed by atoms with van der Waals surface area (Å²) in [4.78, 5) is 83.7. The third-order valence-corrected chi connectivity index (χ3v) is 10.5. The van der Waals surface area contributed by atoms with Crippen molar-refractivity contribution in [2.75, 3.05) is 65.4 Å². The van der Waals surface area contributed by atoms with Crippen LogP contribution in [-0.4, -0.2) is 141 Å². The van der Waals surface area contributed by atoms with Crippen LogP contribution in [0, 0.1) is 11.8 Å². The summed E-state index contributed by atoms with van der Waals surface area (Å²) in [5.41, 5.74) is 7.21. The number of carboxylic acid groups (broad SMARTS) is 1. The highest BCUT2D eigenvalue weighted by atomic mass is 16.4. The number of unbranched alkanes of at least 4 members (excludes halogenated alkanes) is 1. The first-order valence-electron chi connectivity index (χ1n) is 22.1. The van der Waals surface area contributed by atoms with E-state index < -0.39 is 65.7 Å². The molecule has 2 aromatic carbocycles. The van der Waals surface area contributed by atoms with Crippen LogP contribution < -0.4 is 48.3 Å². The van der Waals surface area contributed by atoms with E-state index in [9.17, 15) is 33.9 Å². The summed E-state index contributed by atoms with van der Waals surface area (Å²) in [6, 6.07) is 12.4. The fourth-order valence-electron chi connectivity index (χ4n) is 7.08. The third-order valence-electron chi connectivity index (χ3n) is 10.5. The van der Waals surface area contributed by atoms with Crippen molar-refractivity contribution in [1.29, 1.82) is 0 Å². The van der Waals surface area contributed by atoms with Gasteiger partial charge in [-0.1, -0.05) is 88.4 Å². The number of carbonyl (C=O) groups excluding carboxylic acids is 5. The van der Waals surface area contributed by atoms with E-state index in [-0.39, 0.29) is 37.6 Å². The molecule has 5 atom stereocenters. The standard InChI is InChI=1S/C45H72N10O7/c1-31(2)27-36(51-41(57)35(17-11-12-18-46)50-39(56)30-55-25-23-48-21-19-47-20-22-49-24-26-55)43(59)54-40(32(3)4)44(60)52-37(28-33-13-7-5-8-14-33)42(58)53-38(45(61)62)29-34-15-9-6-10-16-34/h5-10,13-16,31-32,35-38,40,47-49H,11-12,17-30,46H2,1-4H3,(H,50,56)(H,51,57)(H,52,60)(H,53,58)(H,54,59)(H,61,62). The van der Waals surface area contributed by atoms with Crippen molar-refractivity contribution < 1.29 is 33.9 Å². The third kappa shape index (κ3) is 19.8. The van der Waals surface area contributed by atoms with Gasteiger partial charge in [-0.25, -0.2) is 4.79 Å². The predicted octanol–water partition coefficient (Wildman–Crippen LogP) is -0.104. The second-order valence-electron chi connectivity index (χ2n) is 16.7. The Bertz CT molecular complexity index is 1650. The van der Waals surface area contributed by atoms with E-state index in [0.717, 1.165) is 31.7 Å².